The normalized spacial score (nSPS) is 11.1. The maximum absolute atomic E-state index is 11.5. The third kappa shape index (κ3) is 5.30. The summed E-state index contributed by atoms with van der Waals surface area (Å²) in [5.41, 5.74) is 2.19. The summed E-state index contributed by atoms with van der Waals surface area (Å²) in [5.74, 6) is 0.284. The Morgan fingerprint density at radius 2 is 1.90 bits per heavy atom. The van der Waals surface area contributed by atoms with E-state index in [1.807, 2.05) is 19.9 Å². The highest BCUT2D eigenvalue weighted by Crippen LogP contribution is 2.08. The fourth-order valence-electron chi connectivity index (χ4n) is 1.72. The predicted octanol–water partition coefficient (Wildman–Crippen LogP) is 1.68. The highest BCUT2D eigenvalue weighted by Gasteiger charge is 2.06. The lowest BCUT2D eigenvalue weighted by Gasteiger charge is -2.10. The van der Waals surface area contributed by atoms with Gasteiger partial charge in [-0.3, -0.25) is 4.79 Å². The smallest absolute Gasteiger partial charge is 0.243 e. The first-order valence-electron chi connectivity index (χ1n) is 6.81. The number of anilines is 1. The van der Waals surface area contributed by atoms with E-state index in [2.05, 4.69) is 10.6 Å². The van der Waals surface area contributed by atoms with Gasteiger partial charge >= 0.3 is 0 Å². The fourth-order valence-corrected chi connectivity index (χ4v) is 1.72. The third-order valence-electron chi connectivity index (χ3n) is 2.76. The van der Waals surface area contributed by atoms with Gasteiger partial charge in [0.05, 0.1) is 0 Å². The minimum absolute atomic E-state index is 0.0849. The monoisotopic (exact) mass is 277 g/mol. The van der Waals surface area contributed by atoms with Crippen molar-refractivity contribution in [3.8, 4) is 0 Å². The topological polar surface area (TPSA) is 68.1 Å². The van der Waals surface area contributed by atoms with E-state index in [-0.39, 0.29) is 5.91 Å². The molecule has 110 valence electrons. The van der Waals surface area contributed by atoms with Crippen molar-refractivity contribution in [2.45, 2.75) is 27.7 Å². The van der Waals surface area contributed by atoms with Gasteiger partial charge in [0, 0.05) is 44.8 Å². The zero-order valence-electron chi connectivity index (χ0n) is 12.6. The number of carbonyl (C=O) groups excluding carboxylic acids is 1. The minimum Gasteiger partial charge on any atom is -0.618 e. The molecule has 0 aliphatic rings. The maximum atomic E-state index is 11.5. The van der Waals surface area contributed by atoms with Crippen molar-refractivity contribution < 1.29 is 9.52 Å². The van der Waals surface area contributed by atoms with Crippen LogP contribution in [-0.2, 0) is 4.79 Å². The number of amides is 1. The van der Waals surface area contributed by atoms with Crippen LogP contribution in [-0.4, -0.2) is 19.0 Å². The van der Waals surface area contributed by atoms with Gasteiger partial charge in [-0.05, 0) is 12.0 Å². The molecule has 0 aliphatic heterocycles. The summed E-state index contributed by atoms with van der Waals surface area (Å²) in [7, 11) is 0. The Kier molecular flexibility index (Phi) is 6.03. The number of rotatable bonds is 6. The number of pyridine rings is 1. The van der Waals surface area contributed by atoms with Gasteiger partial charge in [-0.15, -0.1) is 0 Å². The third-order valence-corrected chi connectivity index (χ3v) is 2.76. The maximum Gasteiger partial charge on any atom is 0.243 e. The Balaban J connectivity index is 2.37. The molecule has 5 heteroatoms. The molecule has 0 aromatic carbocycles. The van der Waals surface area contributed by atoms with E-state index in [1.54, 1.807) is 32.1 Å². The molecular weight excluding hydrogens is 254 g/mol. The second-order valence-electron chi connectivity index (χ2n) is 5.14. The van der Waals surface area contributed by atoms with Crippen molar-refractivity contribution >= 4 is 11.6 Å². The van der Waals surface area contributed by atoms with Crippen LogP contribution in [0.25, 0.3) is 0 Å². The first-order valence-corrected chi connectivity index (χ1v) is 6.81. The lowest BCUT2D eigenvalue weighted by atomic mass is 10.2. The molecule has 20 heavy (non-hydrogen) atoms. The summed E-state index contributed by atoms with van der Waals surface area (Å²) in [4.78, 5) is 11.4. The molecule has 2 N–H and O–H groups in total. The first-order chi connectivity index (χ1) is 9.40. The quantitative estimate of drug-likeness (QED) is 0.360. The van der Waals surface area contributed by atoms with Crippen LogP contribution in [0.15, 0.2) is 24.3 Å². The summed E-state index contributed by atoms with van der Waals surface area (Å²) in [5, 5.41) is 17.5. The second-order valence-corrected chi connectivity index (χ2v) is 5.14. The summed E-state index contributed by atoms with van der Waals surface area (Å²) >= 11 is 0. The predicted molar refractivity (Wildman–Crippen MR) is 80.4 cm³/mol. The lowest BCUT2D eigenvalue weighted by molar-refractivity contribution is -0.618. The van der Waals surface area contributed by atoms with E-state index in [0.717, 1.165) is 10.4 Å². The molecule has 0 saturated carbocycles. The molecular formula is C15H23N3O2. The molecule has 0 radical (unpaired) electrons. The van der Waals surface area contributed by atoms with E-state index >= 15 is 0 Å². The highest BCUT2D eigenvalue weighted by molar-refractivity contribution is 5.87. The van der Waals surface area contributed by atoms with Crippen LogP contribution in [0.4, 0.5) is 5.69 Å². The van der Waals surface area contributed by atoms with Crippen LogP contribution in [0.5, 0.6) is 0 Å². The summed E-state index contributed by atoms with van der Waals surface area (Å²) < 4.78 is 0.893. The van der Waals surface area contributed by atoms with Crippen LogP contribution in [0.1, 0.15) is 25.2 Å². The molecule has 1 amide bonds. The minimum atomic E-state index is -0.0849. The Morgan fingerprint density at radius 1 is 1.30 bits per heavy atom. The average molecular weight is 277 g/mol. The Morgan fingerprint density at radius 3 is 2.45 bits per heavy atom. The molecule has 0 spiro atoms. The number of hydrogen-bond donors (Lipinski definition) is 2. The van der Waals surface area contributed by atoms with E-state index < -0.39 is 0 Å². The summed E-state index contributed by atoms with van der Waals surface area (Å²) in [6.07, 6.45) is 3.42. The van der Waals surface area contributed by atoms with Crippen molar-refractivity contribution in [1.82, 2.24) is 5.32 Å². The van der Waals surface area contributed by atoms with Crippen LogP contribution in [0, 0.1) is 25.0 Å². The van der Waals surface area contributed by atoms with Gasteiger partial charge in [-0.2, -0.15) is 4.73 Å². The molecule has 0 saturated heterocycles. The number of nitrogens with zero attached hydrogens (tertiary/aromatic N) is 1. The van der Waals surface area contributed by atoms with Gasteiger partial charge in [0.25, 0.3) is 0 Å². The lowest BCUT2D eigenvalue weighted by Crippen LogP contribution is -2.34. The molecule has 0 aliphatic carbocycles. The van der Waals surface area contributed by atoms with Gasteiger partial charge in [0.15, 0.2) is 11.4 Å². The van der Waals surface area contributed by atoms with Gasteiger partial charge in [0.2, 0.25) is 5.91 Å². The number of hydrogen-bond acceptors (Lipinski definition) is 3. The number of aromatic nitrogens is 1. The number of nitrogens with one attached hydrogen (secondary N) is 2. The number of allylic oxidation sites excluding steroid dienone is 1. The Bertz CT molecular complexity index is 473. The molecule has 1 aromatic heterocycles. The average Bonchev–Trinajstić information content (AvgIpc) is 2.38. The molecule has 1 heterocycles. The van der Waals surface area contributed by atoms with Crippen LogP contribution >= 0.6 is 0 Å². The van der Waals surface area contributed by atoms with Crippen molar-refractivity contribution in [1.29, 1.82) is 0 Å². The van der Waals surface area contributed by atoms with E-state index in [1.165, 1.54) is 0 Å². The van der Waals surface area contributed by atoms with Gasteiger partial charge in [-0.25, -0.2) is 0 Å². The van der Waals surface area contributed by atoms with Gasteiger partial charge in [0.1, 0.15) is 0 Å². The molecule has 0 bridgehead atoms. The molecule has 5 nitrogen and oxygen atoms in total. The molecule has 0 fully saturated rings. The van der Waals surface area contributed by atoms with E-state index in [9.17, 15) is 10.0 Å². The first kappa shape index (κ1) is 16.0. The zero-order chi connectivity index (χ0) is 15.1. The Labute approximate surface area is 120 Å². The molecule has 1 aromatic rings. The van der Waals surface area contributed by atoms with Gasteiger partial charge in [-0.1, -0.05) is 19.9 Å². The van der Waals surface area contributed by atoms with Crippen molar-refractivity contribution in [2.24, 2.45) is 5.92 Å². The van der Waals surface area contributed by atoms with E-state index in [4.69, 9.17) is 0 Å². The van der Waals surface area contributed by atoms with Crippen molar-refractivity contribution in [2.75, 3.05) is 18.4 Å². The largest absolute Gasteiger partial charge is 0.618 e. The summed E-state index contributed by atoms with van der Waals surface area (Å²) in [6.45, 7) is 8.73. The standard InChI is InChI=1S/C15H23N3O2/c1-11(2)5-6-15(19)17-8-7-16-14-9-12(3)18(20)13(4)10-14/h5-6,9-11,16H,7-8H2,1-4H3,(H,17,19). The highest BCUT2D eigenvalue weighted by atomic mass is 16.5. The Hall–Kier alpha value is -2.04. The fraction of sp³-hybridized carbons (Fsp3) is 0.467. The van der Waals surface area contributed by atoms with Crippen LogP contribution in [0.3, 0.4) is 0 Å². The zero-order valence-corrected chi connectivity index (χ0v) is 12.6. The molecule has 0 atom stereocenters. The second kappa shape index (κ2) is 7.53. The number of carbonyl (C=O) groups is 1. The van der Waals surface area contributed by atoms with Crippen molar-refractivity contribution in [3.63, 3.8) is 0 Å². The van der Waals surface area contributed by atoms with Gasteiger partial charge < -0.3 is 15.8 Å². The van der Waals surface area contributed by atoms with Crippen molar-refractivity contribution in [3.05, 3.63) is 40.9 Å². The van der Waals surface area contributed by atoms with E-state index in [0.29, 0.717) is 30.4 Å². The van der Waals surface area contributed by atoms with Crippen LogP contribution < -0.4 is 15.4 Å². The number of aryl methyl sites for hydroxylation is 2. The molecule has 0 unspecified atom stereocenters. The van der Waals surface area contributed by atoms with Crippen LogP contribution in [0.2, 0.25) is 0 Å². The SMILES string of the molecule is Cc1cc(NCCNC(=O)C=CC(C)C)cc(C)[n+]1[O-]. The molecule has 1 rings (SSSR count). The summed E-state index contributed by atoms with van der Waals surface area (Å²) in [6, 6.07) is 3.58.